The minimum absolute atomic E-state index is 0.0144. The van der Waals surface area contributed by atoms with E-state index < -0.39 is 53.0 Å². The van der Waals surface area contributed by atoms with Gasteiger partial charge in [0, 0.05) is 35.4 Å². The Balaban J connectivity index is 1.19. The lowest BCUT2D eigenvalue weighted by Crippen LogP contribution is -2.59. The highest BCUT2D eigenvalue weighted by Gasteiger charge is 2.61. The van der Waals surface area contributed by atoms with Crippen molar-refractivity contribution < 1.29 is 43.6 Å². The largest absolute Gasteiger partial charge is 0.491 e. The molecular weight excluding hydrogens is 753 g/mol. The molecule has 1 saturated heterocycles. The Hall–Kier alpha value is -4.70. The Bertz CT molecular complexity index is 2010. The molecule has 1 aliphatic heterocycles. The van der Waals surface area contributed by atoms with E-state index >= 15 is 0 Å². The Morgan fingerprint density at radius 3 is 2.44 bits per heavy atom. The number of fused-ring (bicyclic) bond motifs is 2. The normalized spacial score (nSPS) is 26.8. The number of anilines is 1. The average Bonchev–Trinajstić information content (AvgIpc) is 3.82. The Kier molecular flexibility index (Phi) is 11.3. The summed E-state index contributed by atoms with van der Waals surface area (Å²) < 4.78 is 18.2. The molecule has 3 heterocycles. The second kappa shape index (κ2) is 15.9. The SMILES string of the molecule is CC[C@@H]1CC1(NC(=O)[C@@H]1C[C@H](Oc2cc(-c3csc(NC(C)C)n3)nc3cc(OCCO)ccc23)CN1C(=O)[C@@H](NC(=O)O[C@@H]1C[C@@H]2C[C@@H]2C1)C(C)(C)C)C(=O)O. The minimum atomic E-state index is -1.41. The standard InChI is InChI=1S/C41H54N6O9S/c1-7-24-18-41(24,37(51)52)46-35(49)32-16-27(19-47(32)36(50)34(40(4,5)6)45-39(53)56-26-13-22-12-23(22)14-26)55-33-17-30(31-20-57-38(44-31)42-21(2)3)43-29-15-25(54-11-10-48)8-9-28(29)33/h8-9,15,17,20-24,26-27,32,34,48H,7,10-14,16,18-19H2,1-6H3,(H,42,44)(H,45,53)(H,46,49)(H,51,52)/t22-,23+,24-,26+,27+,32+,34-,41?/m1/s1. The second-order valence-electron chi connectivity index (χ2n) is 17.3. The number of carboxylic acid groups (broad SMARTS) is 1. The van der Waals surface area contributed by atoms with Crippen LogP contribution in [0.1, 0.15) is 80.1 Å². The number of carbonyl (C=O) groups excluding carboxylic acids is 3. The number of nitrogens with one attached hydrogen (secondary N) is 3. The van der Waals surface area contributed by atoms with Gasteiger partial charge in [0.2, 0.25) is 11.8 Å². The zero-order valence-corrected chi connectivity index (χ0v) is 34.2. The number of ether oxygens (including phenoxy) is 3. The fourth-order valence-corrected chi connectivity index (χ4v) is 9.24. The van der Waals surface area contributed by atoms with Crippen LogP contribution in [0.15, 0.2) is 29.6 Å². The number of carboxylic acids is 1. The van der Waals surface area contributed by atoms with Crippen LogP contribution in [0.25, 0.3) is 22.3 Å². The first kappa shape index (κ1) is 40.5. The van der Waals surface area contributed by atoms with Crippen LogP contribution >= 0.6 is 11.3 Å². The molecule has 0 radical (unpaired) electrons. The van der Waals surface area contributed by atoms with Gasteiger partial charge >= 0.3 is 12.1 Å². The predicted molar refractivity (Wildman–Crippen MR) is 213 cm³/mol. The topological polar surface area (TPSA) is 202 Å². The number of aliphatic hydroxyl groups excluding tert-OH is 1. The van der Waals surface area contributed by atoms with Crippen LogP contribution in [0, 0.1) is 23.2 Å². The number of aromatic nitrogens is 2. The summed E-state index contributed by atoms with van der Waals surface area (Å²) in [7, 11) is 0. The molecule has 3 aliphatic carbocycles. The van der Waals surface area contributed by atoms with E-state index in [0.717, 1.165) is 18.0 Å². The summed E-state index contributed by atoms with van der Waals surface area (Å²) in [5, 5.41) is 31.7. The summed E-state index contributed by atoms with van der Waals surface area (Å²) in [4.78, 5) is 65.6. The van der Waals surface area contributed by atoms with E-state index in [2.05, 4.69) is 16.0 Å². The predicted octanol–water partition coefficient (Wildman–Crippen LogP) is 5.21. The second-order valence-corrected chi connectivity index (χ2v) is 18.2. The van der Waals surface area contributed by atoms with Crippen LogP contribution in [-0.2, 0) is 19.1 Å². The first-order valence-corrected chi connectivity index (χ1v) is 20.9. The Morgan fingerprint density at radius 1 is 1.04 bits per heavy atom. The van der Waals surface area contributed by atoms with Crippen LogP contribution in [0.4, 0.5) is 9.93 Å². The molecule has 16 heteroatoms. The number of hydrogen-bond donors (Lipinski definition) is 5. The molecule has 0 bridgehead atoms. The molecule has 3 aromatic rings. The van der Waals surface area contributed by atoms with Gasteiger partial charge < -0.3 is 45.3 Å². The number of amides is 3. The number of likely N-dealkylation sites (tertiary alicyclic amines) is 1. The number of alkyl carbamates (subject to hydrolysis) is 1. The van der Waals surface area contributed by atoms with Crippen molar-refractivity contribution in [3.63, 3.8) is 0 Å². The molecule has 57 heavy (non-hydrogen) atoms. The summed E-state index contributed by atoms with van der Waals surface area (Å²) >= 11 is 1.45. The molecule has 1 unspecified atom stereocenters. The van der Waals surface area contributed by atoms with Crippen molar-refractivity contribution in [3.8, 4) is 22.9 Å². The molecule has 5 N–H and O–H groups in total. The van der Waals surface area contributed by atoms with Gasteiger partial charge in [-0.3, -0.25) is 9.59 Å². The van der Waals surface area contributed by atoms with Crippen LogP contribution in [-0.4, -0.2) is 105 Å². The molecular formula is C41H54N6O9S. The number of thiazole rings is 1. The maximum atomic E-state index is 14.7. The maximum absolute atomic E-state index is 14.7. The van der Waals surface area contributed by atoms with Gasteiger partial charge in [-0.05, 0) is 74.8 Å². The molecule has 2 aromatic heterocycles. The van der Waals surface area contributed by atoms with E-state index in [1.807, 2.05) is 46.9 Å². The van der Waals surface area contributed by atoms with Gasteiger partial charge in [0.1, 0.15) is 53.6 Å². The van der Waals surface area contributed by atoms with Crippen molar-refractivity contribution in [1.82, 2.24) is 25.5 Å². The lowest BCUT2D eigenvalue weighted by atomic mass is 9.85. The lowest BCUT2D eigenvalue weighted by molar-refractivity contribution is -0.146. The molecule has 3 amide bonds. The molecule has 3 saturated carbocycles. The van der Waals surface area contributed by atoms with E-state index in [1.165, 1.54) is 22.7 Å². The van der Waals surface area contributed by atoms with Crippen molar-refractivity contribution in [2.45, 2.75) is 116 Å². The number of aliphatic carboxylic acids is 1. The van der Waals surface area contributed by atoms with E-state index in [-0.39, 0.29) is 44.2 Å². The zero-order chi connectivity index (χ0) is 40.8. The highest BCUT2D eigenvalue weighted by Crippen LogP contribution is 2.52. The van der Waals surface area contributed by atoms with Gasteiger partial charge in [-0.15, -0.1) is 11.3 Å². The minimum Gasteiger partial charge on any atom is -0.491 e. The number of pyridine rings is 1. The third-order valence-electron chi connectivity index (χ3n) is 11.6. The number of hydrogen-bond acceptors (Lipinski definition) is 12. The average molecular weight is 807 g/mol. The van der Waals surface area contributed by atoms with E-state index in [1.54, 1.807) is 24.3 Å². The van der Waals surface area contributed by atoms with Crippen molar-refractivity contribution >= 4 is 51.2 Å². The van der Waals surface area contributed by atoms with Crippen molar-refractivity contribution in [1.29, 1.82) is 0 Å². The van der Waals surface area contributed by atoms with E-state index in [4.69, 9.17) is 24.2 Å². The maximum Gasteiger partial charge on any atom is 0.408 e. The number of nitrogens with zero attached hydrogens (tertiary/aromatic N) is 3. The Morgan fingerprint density at radius 2 is 1.79 bits per heavy atom. The van der Waals surface area contributed by atoms with Crippen LogP contribution < -0.4 is 25.4 Å². The van der Waals surface area contributed by atoms with Gasteiger partial charge in [0.25, 0.3) is 0 Å². The number of aliphatic hydroxyl groups is 1. The number of rotatable bonds is 15. The summed E-state index contributed by atoms with van der Waals surface area (Å²) in [5.41, 5.74) is -0.490. The smallest absolute Gasteiger partial charge is 0.408 e. The quantitative estimate of drug-likeness (QED) is 0.135. The van der Waals surface area contributed by atoms with E-state index in [0.29, 0.717) is 58.5 Å². The molecule has 15 nitrogen and oxygen atoms in total. The Labute approximate surface area is 336 Å². The molecule has 4 fully saturated rings. The summed E-state index contributed by atoms with van der Waals surface area (Å²) in [5.74, 6) is -0.277. The molecule has 0 spiro atoms. The molecule has 4 aliphatic rings. The first-order chi connectivity index (χ1) is 27.1. The summed E-state index contributed by atoms with van der Waals surface area (Å²) in [6.07, 6.45) is 2.18. The number of benzene rings is 1. The van der Waals surface area contributed by atoms with Gasteiger partial charge in [0.15, 0.2) is 5.13 Å². The molecule has 8 atom stereocenters. The van der Waals surface area contributed by atoms with Crippen LogP contribution in [0.3, 0.4) is 0 Å². The highest BCUT2D eigenvalue weighted by molar-refractivity contribution is 7.14. The fraction of sp³-hybridized carbons (Fsp3) is 0.610. The molecule has 308 valence electrons. The van der Waals surface area contributed by atoms with Crippen molar-refractivity contribution in [3.05, 3.63) is 29.6 Å². The van der Waals surface area contributed by atoms with Gasteiger partial charge in [-0.2, -0.15) is 0 Å². The third kappa shape index (κ3) is 8.76. The molecule has 1 aromatic carbocycles. The van der Waals surface area contributed by atoms with Gasteiger partial charge in [-0.1, -0.05) is 34.1 Å². The zero-order valence-electron chi connectivity index (χ0n) is 33.4. The fourth-order valence-electron chi connectivity index (χ4n) is 8.38. The van der Waals surface area contributed by atoms with Crippen molar-refractivity contribution in [2.24, 2.45) is 23.2 Å². The third-order valence-corrected chi connectivity index (χ3v) is 12.4. The van der Waals surface area contributed by atoms with Gasteiger partial charge in [-0.25, -0.2) is 19.6 Å². The lowest BCUT2D eigenvalue weighted by Gasteiger charge is -2.35. The van der Waals surface area contributed by atoms with E-state index in [9.17, 15) is 29.4 Å². The monoisotopic (exact) mass is 806 g/mol. The van der Waals surface area contributed by atoms with Crippen LogP contribution in [0.5, 0.6) is 11.5 Å². The number of carbonyl (C=O) groups is 4. The summed E-state index contributed by atoms with van der Waals surface area (Å²) in [6, 6.07) is 5.11. The highest BCUT2D eigenvalue weighted by atomic mass is 32.1. The summed E-state index contributed by atoms with van der Waals surface area (Å²) in [6.45, 7) is 11.4. The first-order valence-electron chi connectivity index (χ1n) is 20.0. The molecule has 7 rings (SSSR count). The van der Waals surface area contributed by atoms with Gasteiger partial charge in [0.05, 0.1) is 24.4 Å². The van der Waals surface area contributed by atoms with Crippen LogP contribution in [0.2, 0.25) is 0 Å². The van der Waals surface area contributed by atoms with Crippen molar-refractivity contribution in [2.75, 3.05) is 25.1 Å².